The number of hydrogen-bond donors (Lipinski definition) is 3. The third-order valence-corrected chi connectivity index (χ3v) is 9.79. The highest BCUT2D eigenvalue weighted by atomic mass is 31.2. The van der Waals surface area contributed by atoms with Crippen LogP contribution in [0.5, 0.6) is 0 Å². The Hall–Kier alpha value is -2.81. The monoisotopic (exact) mass is 818 g/mol. The number of ether oxygens (including phenoxy) is 1. The Morgan fingerprint density at radius 3 is 1.53 bits per heavy atom. The summed E-state index contributed by atoms with van der Waals surface area (Å²) in [5, 5.41) is 12.7. The third-order valence-electron chi connectivity index (χ3n) is 8.81. The van der Waals surface area contributed by atoms with E-state index in [0.717, 1.165) is 96.3 Å². The van der Waals surface area contributed by atoms with Crippen LogP contribution >= 0.6 is 7.82 Å². The molecule has 9 nitrogen and oxygen atoms in total. The van der Waals surface area contributed by atoms with Crippen LogP contribution in [0.4, 0.5) is 0 Å². The summed E-state index contributed by atoms with van der Waals surface area (Å²) in [5.41, 5.74) is 0. The summed E-state index contributed by atoms with van der Waals surface area (Å²) in [6.45, 7) is 3.34. The molecule has 0 aromatic heterocycles. The van der Waals surface area contributed by atoms with Gasteiger partial charge in [-0.2, -0.15) is 0 Å². The first-order valence-corrected chi connectivity index (χ1v) is 23.6. The van der Waals surface area contributed by atoms with Crippen LogP contribution in [-0.4, -0.2) is 54.3 Å². The van der Waals surface area contributed by atoms with Gasteiger partial charge in [0.05, 0.1) is 13.2 Å². The zero-order valence-corrected chi connectivity index (χ0v) is 36.6. The van der Waals surface area contributed by atoms with Gasteiger partial charge >= 0.3 is 13.8 Å². The molecule has 0 saturated carbocycles. The van der Waals surface area contributed by atoms with Gasteiger partial charge in [-0.25, -0.2) is 4.57 Å². The van der Waals surface area contributed by atoms with E-state index in [1.54, 1.807) is 0 Å². The number of amides is 1. The minimum atomic E-state index is -4.43. The molecule has 0 aliphatic heterocycles. The maximum atomic E-state index is 12.1. The van der Waals surface area contributed by atoms with Crippen molar-refractivity contribution < 1.29 is 37.9 Å². The number of esters is 1. The van der Waals surface area contributed by atoms with Crippen molar-refractivity contribution in [2.45, 2.75) is 174 Å². The Morgan fingerprint density at radius 2 is 1.00 bits per heavy atom. The van der Waals surface area contributed by atoms with E-state index in [9.17, 15) is 24.2 Å². The van der Waals surface area contributed by atoms with Gasteiger partial charge in [0.1, 0.15) is 12.7 Å². The van der Waals surface area contributed by atoms with Crippen LogP contribution in [0.25, 0.3) is 0 Å². The summed E-state index contributed by atoms with van der Waals surface area (Å²) in [7, 11) is -4.43. The quantitative estimate of drug-likeness (QED) is 0.0241. The Kier molecular flexibility index (Phi) is 40.7. The Morgan fingerprint density at radius 1 is 0.561 bits per heavy atom. The fraction of sp³-hybridized carbons (Fsp3) is 0.660. The van der Waals surface area contributed by atoms with Crippen molar-refractivity contribution in [3.63, 3.8) is 0 Å². The lowest BCUT2D eigenvalue weighted by Crippen LogP contribution is -2.27. The van der Waals surface area contributed by atoms with Crippen LogP contribution in [0, 0.1) is 0 Å². The molecule has 0 aliphatic rings. The summed E-state index contributed by atoms with van der Waals surface area (Å²) in [6.07, 6.45) is 53.7. The number of allylic oxidation sites excluding steroid dienone is 14. The summed E-state index contributed by atoms with van der Waals surface area (Å²) >= 11 is 0. The van der Waals surface area contributed by atoms with E-state index in [0.29, 0.717) is 6.42 Å². The molecular formula is C47H80NO8P. The second-order valence-electron chi connectivity index (χ2n) is 14.3. The van der Waals surface area contributed by atoms with Crippen molar-refractivity contribution in [2.24, 2.45) is 0 Å². The van der Waals surface area contributed by atoms with Crippen molar-refractivity contribution in [2.75, 3.05) is 26.4 Å². The molecule has 2 unspecified atom stereocenters. The molecular weight excluding hydrogens is 737 g/mol. The Balaban J connectivity index is 3.66. The first kappa shape index (κ1) is 54.2. The zero-order valence-electron chi connectivity index (χ0n) is 35.8. The van der Waals surface area contributed by atoms with Gasteiger partial charge in [0.2, 0.25) is 5.91 Å². The Labute approximate surface area is 347 Å². The first-order chi connectivity index (χ1) is 27.8. The number of carbonyl (C=O) groups is 2. The number of phosphoric ester groups is 1. The molecule has 0 aliphatic carbocycles. The summed E-state index contributed by atoms with van der Waals surface area (Å²) in [5.74, 6) is -0.564. The number of phosphoric acid groups is 1. The van der Waals surface area contributed by atoms with Gasteiger partial charge in [0, 0.05) is 19.4 Å². The second kappa shape index (κ2) is 42.8. The lowest BCUT2D eigenvalue weighted by Gasteiger charge is -2.15. The Bertz CT molecular complexity index is 1210. The maximum Gasteiger partial charge on any atom is 0.472 e. The molecule has 0 spiro atoms. The van der Waals surface area contributed by atoms with E-state index in [4.69, 9.17) is 13.8 Å². The molecule has 0 radical (unpaired) electrons. The number of rotatable bonds is 40. The molecule has 0 aromatic carbocycles. The summed E-state index contributed by atoms with van der Waals surface area (Å²) in [6, 6.07) is 0. The van der Waals surface area contributed by atoms with Crippen LogP contribution < -0.4 is 5.32 Å². The van der Waals surface area contributed by atoms with Gasteiger partial charge in [-0.3, -0.25) is 18.6 Å². The normalized spacial score (nSPS) is 14.1. The molecule has 1 amide bonds. The van der Waals surface area contributed by atoms with Gasteiger partial charge in [-0.05, 0) is 89.9 Å². The molecule has 0 bridgehead atoms. The minimum absolute atomic E-state index is 0.0597. The van der Waals surface area contributed by atoms with Gasteiger partial charge in [-0.15, -0.1) is 0 Å². The highest BCUT2D eigenvalue weighted by Crippen LogP contribution is 2.42. The van der Waals surface area contributed by atoms with Crippen molar-refractivity contribution in [1.29, 1.82) is 0 Å². The topological polar surface area (TPSA) is 131 Å². The van der Waals surface area contributed by atoms with Gasteiger partial charge in [0.25, 0.3) is 0 Å². The van der Waals surface area contributed by atoms with E-state index in [1.807, 2.05) is 0 Å². The van der Waals surface area contributed by atoms with Crippen LogP contribution in [0.1, 0.15) is 168 Å². The number of hydrogen-bond acceptors (Lipinski definition) is 7. The molecule has 2 atom stereocenters. The zero-order chi connectivity index (χ0) is 41.8. The predicted octanol–water partition coefficient (Wildman–Crippen LogP) is 12.4. The van der Waals surface area contributed by atoms with E-state index >= 15 is 0 Å². The van der Waals surface area contributed by atoms with Gasteiger partial charge < -0.3 is 20.1 Å². The van der Waals surface area contributed by atoms with Crippen molar-refractivity contribution in [3.8, 4) is 0 Å². The highest BCUT2D eigenvalue weighted by molar-refractivity contribution is 7.47. The highest BCUT2D eigenvalue weighted by Gasteiger charge is 2.23. The standard InChI is InChI=1S/C47H80NO8P/c1-3-5-7-9-11-13-15-17-18-19-20-21-22-23-24-25-26-28-30-32-34-36-38-40-47(51)54-43-45(49)44-56-57(52,53)55-42-41-48-46(50)39-37-35-33-31-29-27-16-14-12-10-8-6-4-2/h6,8,11-14,17-18,20-21,23-24,27,29,45,49H,3-5,7,9-10,15-16,19,22,25-26,28,30-44H2,1-2H3,(H,48,50)(H,52,53)/b8-6-,13-11-,14-12-,18-17-,21-20-,24-23-,29-27-. The van der Waals surface area contributed by atoms with Crippen LogP contribution in [0.3, 0.4) is 0 Å². The summed E-state index contributed by atoms with van der Waals surface area (Å²) < 4.78 is 26.8. The average Bonchev–Trinajstić information content (AvgIpc) is 3.20. The third kappa shape index (κ3) is 44.1. The molecule has 326 valence electrons. The first-order valence-electron chi connectivity index (χ1n) is 22.1. The number of unbranched alkanes of at least 4 members (excludes halogenated alkanes) is 13. The van der Waals surface area contributed by atoms with Gasteiger partial charge in [0.15, 0.2) is 0 Å². The van der Waals surface area contributed by atoms with Crippen LogP contribution in [0.15, 0.2) is 85.1 Å². The molecule has 57 heavy (non-hydrogen) atoms. The van der Waals surface area contributed by atoms with E-state index < -0.39 is 26.5 Å². The second-order valence-corrected chi connectivity index (χ2v) is 15.7. The lowest BCUT2D eigenvalue weighted by molar-refractivity contribution is -0.147. The fourth-order valence-electron chi connectivity index (χ4n) is 5.49. The van der Waals surface area contributed by atoms with E-state index in [1.165, 1.54) is 44.9 Å². The van der Waals surface area contributed by atoms with Crippen LogP contribution in [0.2, 0.25) is 0 Å². The largest absolute Gasteiger partial charge is 0.472 e. The number of nitrogens with one attached hydrogen (secondary N) is 1. The summed E-state index contributed by atoms with van der Waals surface area (Å²) in [4.78, 5) is 33.9. The number of aliphatic hydroxyl groups excluding tert-OH is 1. The molecule has 0 fully saturated rings. The van der Waals surface area contributed by atoms with E-state index in [2.05, 4.69) is 104 Å². The van der Waals surface area contributed by atoms with Crippen LogP contribution in [-0.2, 0) is 27.9 Å². The molecule has 0 saturated heterocycles. The molecule has 0 heterocycles. The van der Waals surface area contributed by atoms with Gasteiger partial charge in [-0.1, -0.05) is 150 Å². The van der Waals surface area contributed by atoms with E-state index in [-0.39, 0.29) is 32.1 Å². The molecule has 0 rings (SSSR count). The molecule has 3 N–H and O–H groups in total. The SMILES string of the molecule is CC/C=C\C/C=C\C/C=C\CCCCCC(=O)NCCOP(=O)(O)OCC(O)COC(=O)CCCCCCCCC/C=C\C/C=C\C/C=C\C/C=C\CCCCC. The lowest BCUT2D eigenvalue weighted by atomic mass is 10.1. The van der Waals surface area contributed by atoms with Crippen molar-refractivity contribution in [3.05, 3.63) is 85.1 Å². The maximum absolute atomic E-state index is 12.1. The number of aliphatic hydroxyl groups is 1. The predicted molar refractivity (Wildman–Crippen MR) is 238 cm³/mol. The average molecular weight is 818 g/mol. The molecule has 0 aromatic rings. The number of carbonyl (C=O) groups excluding carboxylic acids is 2. The van der Waals surface area contributed by atoms with Crippen molar-refractivity contribution >= 4 is 19.7 Å². The fourth-order valence-corrected chi connectivity index (χ4v) is 6.25. The smallest absolute Gasteiger partial charge is 0.463 e. The minimum Gasteiger partial charge on any atom is -0.463 e. The molecule has 10 heteroatoms. The van der Waals surface area contributed by atoms with Crippen molar-refractivity contribution in [1.82, 2.24) is 5.32 Å².